The van der Waals surface area contributed by atoms with E-state index < -0.39 is 11.9 Å². The molecule has 1 N–H and O–H groups in total. The van der Waals surface area contributed by atoms with Gasteiger partial charge in [-0.15, -0.1) is 0 Å². The standard InChI is InChI=1S/C26H25BrClNO4/c1-15-23(26(31)33-12-11-32-2)24(17-3-7-19(27)8-4-17)25-21(29-15)13-18(14-22(25)30)16-5-9-20(28)10-6-16/h3-10,18,24,29H,11-14H2,1-2H3/t18-,24-/m1/s1. The summed E-state index contributed by atoms with van der Waals surface area (Å²) in [6, 6.07) is 15.4. The van der Waals surface area contributed by atoms with E-state index in [1.807, 2.05) is 55.5 Å². The molecule has 1 heterocycles. The minimum atomic E-state index is -0.483. The van der Waals surface area contributed by atoms with Crippen molar-refractivity contribution in [2.45, 2.75) is 31.6 Å². The van der Waals surface area contributed by atoms with Crippen molar-refractivity contribution in [1.29, 1.82) is 0 Å². The van der Waals surface area contributed by atoms with Gasteiger partial charge in [0.05, 0.1) is 12.2 Å². The number of ketones is 1. The van der Waals surface area contributed by atoms with Crippen LogP contribution in [0.2, 0.25) is 5.02 Å². The molecule has 0 bridgehead atoms. The van der Waals surface area contributed by atoms with Crippen molar-refractivity contribution in [3.05, 3.63) is 91.7 Å². The number of Topliss-reactive ketones (excluding diaryl/α,β-unsaturated/α-hetero) is 1. The van der Waals surface area contributed by atoms with Gasteiger partial charge >= 0.3 is 5.97 Å². The van der Waals surface area contributed by atoms with E-state index in [0.717, 1.165) is 21.3 Å². The largest absolute Gasteiger partial charge is 0.460 e. The van der Waals surface area contributed by atoms with Crippen molar-refractivity contribution >= 4 is 39.3 Å². The van der Waals surface area contributed by atoms with Gasteiger partial charge in [0.25, 0.3) is 0 Å². The second kappa shape index (κ2) is 10.2. The van der Waals surface area contributed by atoms with E-state index >= 15 is 0 Å². The molecule has 2 atom stereocenters. The number of carbonyl (C=O) groups excluding carboxylic acids is 2. The molecule has 0 fully saturated rings. The lowest BCUT2D eigenvalue weighted by Gasteiger charge is -2.36. The molecule has 0 saturated carbocycles. The molecule has 1 aliphatic heterocycles. The first kappa shape index (κ1) is 23.7. The molecular weight excluding hydrogens is 506 g/mol. The molecular formula is C26H25BrClNO4. The van der Waals surface area contributed by atoms with E-state index in [1.54, 1.807) is 7.11 Å². The summed E-state index contributed by atoms with van der Waals surface area (Å²) in [6.07, 6.45) is 1.05. The summed E-state index contributed by atoms with van der Waals surface area (Å²) in [6.45, 7) is 2.32. The first-order chi connectivity index (χ1) is 15.9. The highest BCUT2D eigenvalue weighted by Crippen LogP contribution is 2.45. The fourth-order valence-corrected chi connectivity index (χ4v) is 4.95. The predicted octanol–water partition coefficient (Wildman–Crippen LogP) is 5.65. The highest BCUT2D eigenvalue weighted by atomic mass is 79.9. The minimum absolute atomic E-state index is 0.0336. The van der Waals surface area contributed by atoms with Gasteiger partial charge in [-0.05, 0) is 54.7 Å². The van der Waals surface area contributed by atoms with E-state index in [9.17, 15) is 9.59 Å². The fraction of sp³-hybridized carbons (Fsp3) is 0.308. The Bertz CT molecular complexity index is 1120. The lowest BCUT2D eigenvalue weighted by molar-refractivity contribution is -0.140. The smallest absolute Gasteiger partial charge is 0.336 e. The predicted molar refractivity (Wildman–Crippen MR) is 131 cm³/mol. The number of dihydropyridines is 1. The summed E-state index contributed by atoms with van der Waals surface area (Å²) in [4.78, 5) is 26.6. The summed E-state index contributed by atoms with van der Waals surface area (Å²) in [7, 11) is 1.56. The number of hydrogen-bond acceptors (Lipinski definition) is 5. The summed E-state index contributed by atoms with van der Waals surface area (Å²) < 4.78 is 11.4. The number of hydrogen-bond donors (Lipinski definition) is 1. The fourth-order valence-electron chi connectivity index (χ4n) is 4.56. The minimum Gasteiger partial charge on any atom is -0.460 e. The van der Waals surface area contributed by atoms with Gasteiger partial charge in [-0.1, -0.05) is 51.8 Å². The Morgan fingerprint density at radius 1 is 1.06 bits per heavy atom. The lowest BCUT2D eigenvalue weighted by atomic mass is 9.72. The Balaban J connectivity index is 1.73. The van der Waals surface area contributed by atoms with E-state index in [2.05, 4.69) is 21.2 Å². The van der Waals surface area contributed by atoms with Gasteiger partial charge in [0, 0.05) is 45.9 Å². The third-order valence-electron chi connectivity index (χ3n) is 6.11. The van der Waals surface area contributed by atoms with Gasteiger partial charge in [0.15, 0.2) is 5.78 Å². The molecule has 0 spiro atoms. The zero-order valence-corrected chi connectivity index (χ0v) is 20.8. The van der Waals surface area contributed by atoms with Gasteiger partial charge in [-0.2, -0.15) is 0 Å². The number of allylic oxidation sites excluding steroid dienone is 3. The highest BCUT2D eigenvalue weighted by Gasteiger charge is 2.41. The Morgan fingerprint density at radius 3 is 2.39 bits per heavy atom. The van der Waals surface area contributed by atoms with Gasteiger partial charge in [-0.3, -0.25) is 4.79 Å². The molecule has 0 saturated heterocycles. The number of rotatable bonds is 6. The quantitative estimate of drug-likeness (QED) is 0.386. The lowest BCUT2D eigenvalue weighted by Crippen LogP contribution is -2.36. The van der Waals surface area contributed by atoms with Crippen LogP contribution in [0.15, 0.2) is 75.5 Å². The average molecular weight is 531 g/mol. The maximum atomic E-state index is 13.5. The van der Waals surface area contributed by atoms with Crippen LogP contribution in [0.4, 0.5) is 0 Å². The number of halogens is 2. The van der Waals surface area contributed by atoms with Crippen LogP contribution in [0.3, 0.4) is 0 Å². The summed E-state index contributed by atoms with van der Waals surface area (Å²) >= 11 is 9.52. The summed E-state index contributed by atoms with van der Waals surface area (Å²) in [5, 5.41) is 4.03. The van der Waals surface area contributed by atoms with Crippen molar-refractivity contribution in [2.75, 3.05) is 20.3 Å². The number of esters is 1. The van der Waals surface area contributed by atoms with Crippen LogP contribution in [-0.4, -0.2) is 32.1 Å². The van der Waals surface area contributed by atoms with Gasteiger partial charge in [-0.25, -0.2) is 4.79 Å². The normalized spacial score (nSPS) is 20.4. The van der Waals surface area contributed by atoms with E-state index in [1.165, 1.54) is 0 Å². The van der Waals surface area contributed by atoms with Gasteiger partial charge in [0.1, 0.15) is 6.61 Å². The maximum Gasteiger partial charge on any atom is 0.336 e. The molecule has 7 heteroatoms. The summed E-state index contributed by atoms with van der Waals surface area (Å²) in [5.41, 5.74) is 4.63. The zero-order chi connectivity index (χ0) is 23.5. The molecule has 0 unspecified atom stereocenters. The Morgan fingerprint density at radius 2 is 1.73 bits per heavy atom. The first-order valence-electron chi connectivity index (χ1n) is 10.8. The second-order valence-corrected chi connectivity index (χ2v) is 9.60. The Hall–Kier alpha value is -2.41. The maximum absolute atomic E-state index is 13.5. The first-order valence-corrected chi connectivity index (χ1v) is 12.0. The SMILES string of the molecule is COCCOC(=O)C1=C(C)NC2=C(C(=O)C[C@H](c3ccc(Cl)cc3)C2)[C@@H]1c1ccc(Br)cc1. The molecule has 0 aromatic heterocycles. The van der Waals surface area contributed by atoms with Crippen LogP contribution in [-0.2, 0) is 19.1 Å². The number of benzene rings is 2. The average Bonchev–Trinajstić information content (AvgIpc) is 2.79. The molecule has 1 aliphatic carbocycles. The Kier molecular flexibility index (Phi) is 7.37. The third kappa shape index (κ3) is 5.08. The molecule has 0 radical (unpaired) electrons. The third-order valence-corrected chi connectivity index (χ3v) is 6.89. The van der Waals surface area contributed by atoms with Crippen LogP contribution in [0, 0.1) is 0 Å². The van der Waals surface area contributed by atoms with Crippen LogP contribution >= 0.6 is 27.5 Å². The summed E-state index contributed by atoms with van der Waals surface area (Å²) in [5.74, 6) is -0.840. The molecule has 2 aromatic rings. The topological polar surface area (TPSA) is 64.6 Å². The van der Waals surface area contributed by atoms with Gasteiger partial charge < -0.3 is 14.8 Å². The Labute approximate surface area is 206 Å². The number of ether oxygens (including phenoxy) is 2. The molecule has 4 rings (SSSR count). The monoisotopic (exact) mass is 529 g/mol. The molecule has 0 amide bonds. The highest BCUT2D eigenvalue weighted by molar-refractivity contribution is 9.10. The van der Waals surface area contributed by atoms with E-state index in [4.69, 9.17) is 21.1 Å². The van der Waals surface area contributed by atoms with Gasteiger partial charge in [0.2, 0.25) is 0 Å². The number of carbonyl (C=O) groups is 2. The van der Waals surface area contributed by atoms with Crippen molar-refractivity contribution in [2.24, 2.45) is 0 Å². The second-order valence-electron chi connectivity index (χ2n) is 8.25. The van der Waals surface area contributed by atoms with Crippen LogP contribution in [0.5, 0.6) is 0 Å². The van der Waals surface area contributed by atoms with Crippen LogP contribution in [0.1, 0.15) is 42.7 Å². The van der Waals surface area contributed by atoms with Crippen molar-refractivity contribution < 1.29 is 19.1 Å². The van der Waals surface area contributed by atoms with Crippen LogP contribution in [0.25, 0.3) is 0 Å². The molecule has 2 aromatic carbocycles. The van der Waals surface area contributed by atoms with Crippen molar-refractivity contribution in [3.63, 3.8) is 0 Å². The molecule has 172 valence electrons. The molecule has 2 aliphatic rings. The van der Waals surface area contributed by atoms with Crippen molar-refractivity contribution in [3.8, 4) is 0 Å². The van der Waals surface area contributed by atoms with E-state index in [-0.39, 0.29) is 18.3 Å². The van der Waals surface area contributed by atoms with E-state index in [0.29, 0.717) is 41.3 Å². The number of nitrogens with one attached hydrogen (secondary N) is 1. The molecule has 5 nitrogen and oxygen atoms in total. The molecule has 33 heavy (non-hydrogen) atoms. The van der Waals surface area contributed by atoms with Crippen molar-refractivity contribution in [1.82, 2.24) is 5.32 Å². The van der Waals surface area contributed by atoms with Crippen LogP contribution < -0.4 is 5.32 Å². The number of methoxy groups -OCH3 is 1. The zero-order valence-electron chi connectivity index (χ0n) is 18.5.